The van der Waals surface area contributed by atoms with Crippen LogP contribution in [-0.2, 0) is 6.54 Å². The summed E-state index contributed by atoms with van der Waals surface area (Å²) in [6.45, 7) is 3.19. The number of pyridine rings is 1. The average molecular weight is 326 g/mol. The first-order valence-corrected chi connectivity index (χ1v) is 8.75. The van der Waals surface area contributed by atoms with Gasteiger partial charge in [0, 0.05) is 12.7 Å². The van der Waals surface area contributed by atoms with Gasteiger partial charge in [-0.15, -0.1) is 0 Å². The molecule has 0 atom stereocenters. The van der Waals surface area contributed by atoms with Crippen molar-refractivity contribution in [2.24, 2.45) is 0 Å². The molecule has 0 aliphatic carbocycles. The normalized spacial score (nSPS) is 11.3. The molecular formula is C16H24ClN3S. The van der Waals surface area contributed by atoms with E-state index < -0.39 is 0 Å². The zero-order valence-corrected chi connectivity index (χ0v) is 14.3. The molecule has 0 spiro atoms. The lowest BCUT2D eigenvalue weighted by Gasteiger charge is -2.04. The van der Waals surface area contributed by atoms with E-state index in [-0.39, 0.29) is 0 Å². The van der Waals surface area contributed by atoms with Gasteiger partial charge in [-0.05, 0) is 24.7 Å². The Balaban J connectivity index is 1.79. The summed E-state index contributed by atoms with van der Waals surface area (Å²) in [4.78, 5) is 7.56. The molecule has 2 rings (SSSR count). The van der Waals surface area contributed by atoms with Crippen LogP contribution in [0.15, 0.2) is 12.3 Å². The van der Waals surface area contributed by atoms with Gasteiger partial charge in [0.1, 0.15) is 0 Å². The van der Waals surface area contributed by atoms with Crippen molar-refractivity contribution in [2.75, 3.05) is 0 Å². The number of unbranched alkanes of at least 4 members (excludes halogenated alkanes) is 7. The summed E-state index contributed by atoms with van der Waals surface area (Å²) in [5.74, 6) is 0. The topological polar surface area (TPSA) is 33.6 Å². The fraction of sp³-hybridized carbons (Fsp3) is 0.625. The summed E-state index contributed by atoms with van der Waals surface area (Å²) in [6, 6.07) is 1.88. The van der Waals surface area contributed by atoms with E-state index in [9.17, 15) is 0 Å². The fourth-order valence-corrected chi connectivity index (χ4v) is 3.07. The Labute approximate surface area is 136 Å². The van der Waals surface area contributed by atoms with Crippen molar-refractivity contribution < 1.29 is 0 Å². The Bertz CT molecular complexity index is 617. The molecule has 0 radical (unpaired) electrons. The fourth-order valence-electron chi connectivity index (χ4n) is 2.63. The van der Waals surface area contributed by atoms with Crippen LogP contribution < -0.4 is 0 Å². The molecule has 0 amide bonds. The van der Waals surface area contributed by atoms with Gasteiger partial charge in [-0.2, -0.15) is 0 Å². The van der Waals surface area contributed by atoms with E-state index in [1.807, 2.05) is 6.07 Å². The van der Waals surface area contributed by atoms with E-state index in [0.717, 1.165) is 28.9 Å². The number of halogens is 1. The number of nitrogens with zero attached hydrogens (tertiary/aromatic N) is 2. The third kappa shape index (κ3) is 4.82. The minimum atomic E-state index is 0.637. The van der Waals surface area contributed by atoms with Gasteiger partial charge in [-0.1, -0.05) is 63.5 Å². The molecule has 0 fully saturated rings. The third-order valence-corrected chi connectivity index (χ3v) is 4.34. The first kappa shape index (κ1) is 16.5. The number of aryl methyl sites for hydroxylation is 1. The number of rotatable bonds is 9. The summed E-state index contributed by atoms with van der Waals surface area (Å²) in [7, 11) is 0. The Hall–Kier alpha value is -0.870. The maximum absolute atomic E-state index is 5.95. The van der Waals surface area contributed by atoms with Crippen LogP contribution in [0, 0.1) is 4.77 Å². The molecule has 0 aromatic carbocycles. The molecule has 0 unspecified atom stereocenters. The number of H-pyrrole nitrogens is 1. The van der Waals surface area contributed by atoms with E-state index in [2.05, 4.69) is 21.5 Å². The molecule has 0 aliphatic heterocycles. The maximum Gasteiger partial charge on any atom is 0.179 e. The molecule has 0 bridgehead atoms. The van der Waals surface area contributed by atoms with Crippen molar-refractivity contribution in [1.29, 1.82) is 0 Å². The molecule has 2 aromatic heterocycles. The predicted molar refractivity (Wildman–Crippen MR) is 92.5 cm³/mol. The Morgan fingerprint density at radius 1 is 1.14 bits per heavy atom. The molecule has 2 aromatic rings. The summed E-state index contributed by atoms with van der Waals surface area (Å²) >= 11 is 11.3. The van der Waals surface area contributed by atoms with Gasteiger partial charge in [0.2, 0.25) is 0 Å². The quantitative estimate of drug-likeness (QED) is 0.461. The summed E-state index contributed by atoms with van der Waals surface area (Å²) in [5, 5.41) is 0.637. The number of nitrogens with one attached hydrogen (secondary N) is 1. The van der Waals surface area contributed by atoms with Crippen molar-refractivity contribution in [1.82, 2.24) is 14.5 Å². The number of imidazole rings is 1. The SMILES string of the molecule is CCCCCCCCCCn1c(=S)[nH]c2cc(Cl)cnc21. The van der Waals surface area contributed by atoms with Crippen molar-refractivity contribution in [3.8, 4) is 0 Å². The minimum Gasteiger partial charge on any atom is -0.329 e. The maximum atomic E-state index is 5.95. The second kappa shape index (κ2) is 8.54. The largest absolute Gasteiger partial charge is 0.329 e. The van der Waals surface area contributed by atoms with Crippen LogP contribution in [-0.4, -0.2) is 14.5 Å². The van der Waals surface area contributed by atoms with Gasteiger partial charge in [-0.25, -0.2) is 4.98 Å². The van der Waals surface area contributed by atoms with E-state index in [1.165, 1.54) is 44.9 Å². The average Bonchev–Trinajstić information content (AvgIpc) is 2.76. The lowest BCUT2D eigenvalue weighted by Crippen LogP contribution is -1.99. The molecule has 0 saturated heterocycles. The molecular weight excluding hydrogens is 302 g/mol. The number of fused-ring (bicyclic) bond motifs is 1. The molecule has 1 N–H and O–H groups in total. The van der Waals surface area contributed by atoms with Crippen LogP contribution in [0.2, 0.25) is 5.02 Å². The second-order valence-electron chi connectivity index (χ2n) is 5.58. The highest BCUT2D eigenvalue weighted by atomic mass is 35.5. The molecule has 0 saturated carbocycles. The zero-order valence-electron chi connectivity index (χ0n) is 12.7. The van der Waals surface area contributed by atoms with Crippen LogP contribution >= 0.6 is 23.8 Å². The lowest BCUT2D eigenvalue weighted by atomic mass is 10.1. The summed E-state index contributed by atoms with van der Waals surface area (Å²) in [5.41, 5.74) is 1.83. The smallest absolute Gasteiger partial charge is 0.179 e. The predicted octanol–water partition coefficient (Wildman–Crippen LogP) is 5.89. The van der Waals surface area contributed by atoms with Crippen LogP contribution in [0.4, 0.5) is 0 Å². The molecule has 3 nitrogen and oxygen atoms in total. The van der Waals surface area contributed by atoms with Gasteiger partial charge in [0.05, 0.1) is 10.5 Å². The molecule has 2 heterocycles. The monoisotopic (exact) mass is 325 g/mol. The Kier molecular flexibility index (Phi) is 6.71. The highest BCUT2D eigenvalue weighted by molar-refractivity contribution is 7.71. The van der Waals surface area contributed by atoms with E-state index in [0.29, 0.717) is 5.02 Å². The lowest BCUT2D eigenvalue weighted by molar-refractivity contribution is 0.545. The van der Waals surface area contributed by atoms with Crippen LogP contribution in [0.1, 0.15) is 58.3 Å². The van der Waals surface area contributed by atoms with Crippen molar-refractivity contribution in [3.05, 3.63) is 22.1 Å². The van der Waals surface area contributed by atoms with Crippen LogP contribution in [0.5, 0.6) is 0 Å². The van der Waals surface area contributed by atoms with Gasteiger partial charge >= 0.3 is 0 Å². The van der Waals surface area contributed by atoms with E-state index in [1.54, 1.807) is 6.20 Å². The van der Waals surface area contributed by atoms with Gasteiger partial charge < -0.3 is 9.55 Å². The Morgan fingerprint density at radius 2 is 1.81 bits per heavy atom. The molecule has 5 heteroatoms. The second-order valence-corrected chi connectivity index (χ2v) is 6.40. The van der Waals surface area contributed by atoms with E-state index in [4.69, 9.17) is 23.8 Å². The number of aromatic amines is 1. The summed E-state index contributed by atoms with van der Waals surface area (Å²) < 4.78 is 2.82. The first-order valence-electron chi connectivity index (χ1n) is 7.96. The highest BCUT2D eigenvalue weighted by Gasteiger charge is 2.05. The number of aromatic nitrogens is 3. The highest BCUT2D eigenvalue weighted by Crippen LogP contribution is 2.17. The van der Waals surface area contributed by atoms with Gasteiger partial charge in [0.25, 0.3) is 0 Å². The number of hydrogen-bond donors (Lipinski definition) is 1. The number of hydrogen-bond acceptors (Lipinski definition) is 2. The molecule has 116 valence electrons. The Morgan fingerprint density at radius 3 is 2.52 bits per heavy atom. The van der Waals surface area contributed by atoms with Gasteiger partial charge in [0.15, 0.2) is 10.4 Å². The van der Waals surface area contributed by atoms with Crippen molar-refractivity contribution in [3.63, 3.8) is 0 Å². The van der Waals surface area contributed by atoms with Gasteiger partial charge in [-0.3, -0.25) is 0 Å². The zero-order chi connectivity index (χ0) is 15.1. The molecule has 21 heavy (non-hydrogen) atoms. The van der Waals surface area contributed by atoms with E-state index >= 15 is 0 Å². The summed E-state index contributed by atoms with van der Waals surface area (Å²) in [6.07, 6.45) is 12.2. The standard InChI is InChI=1S/C16H24ClN3S/c1-2-3-4-5-6-7-8-9-10-20-15-14(19-16(20)21)11-13(17)12-18-15/h11-12H,2-10H2,1H3,(H,19,21). The molecule has 0 aliphatic rings. The van der Waals surface area contributed by atoms with Crippen LogP contribution in [0.3, 0.4) is 0 Å². The van der Waals surface area contributed by atoms with Crippen molar-refractivity contribution >= 4 is 35.0 Å². The third-order valence-electron chi connectivity index (χ3n) is 3.81. The van der Waals surface area contributed by atoms with Crippen molar-refractivity contribution in [2.45, 2.75) is 64.8 Å². The minimum absolute atomic E-state index is 0.637. The first-order chi connectivity index (χ1) is 10.2. The van der Waals surface area contributed by atoms with Crippen LogP contribution in [0.25, 0.3) is 11.2 Å².